The lowest BCUT2D eigenvalue weighted by Crippen LogP contribution is -2.29. The molecule has 1 spiro atoms. The molecule has 0 N–H and O–H groups in total. The number of fused-ring (bicyclic) bond motifs is 8. The van der Waals surface area contributed by atoms with Gasteiger partial charge in [0.05, 0.1) is 0 Å². The van der Waals surface area contributed by atoms with Crippen LogP contribution in [0, 0.1) is 0 Å². The van der Waals surface area contributed by atoms with Crippen LogP contribution >= 0.6 is 0 Å². The van der Waals surface area contributed by atoms with E-state index in [1.54, 1.807) is 16.7 Å². The van der Waals surface area contributed by atoms with Crippen molar-refractivity contribution in [2.75, 3.05) is 4.90 Å². The predicted molar refractivity (Wildman–Crippen MR) is 269 cm³/mol. The number of rotatable bonds is 7. The molecule has 0 aromatic heterocycles. The van der Waals surface area contributed by atoms with Gasteiger partial charge in [-0.25, -0.2) is 0 Å². The Labute approximate surface area is 371 Å². The minimum atomic E-state index is 0.0783. The molecule has 12 rings (SSSR count). The van der Waals surface area contributed by atoms with Gasteiger partial charge in [0.2, 0.25) is 0 Å². The third-order valence-corrected chi connectivity index (χ3v) is 14.3. The summed E-state index contributed by atoms with van der Waals surface area (Å²) in [5.41, 5.74) is 17.7. The van der Waals surface area contributed by atoms with Crippen LogP contribution in [0.15, 0.2) is 217 Å². The maximum Gasteiger partial charge on any atom is 0.0465 e. The minimum absolute atomic E-state index is 0.0783. The van der Waals surface area contributed by atoms with Crippen molar-refractivity contribution in [3.05, 3.63) is 234 Å². The van der Waals surface area contributed by atoms with E-state index < -0.39 is 0 Å². The second-order valence-electron chi connectivity index (χ2n) is 17.9. The molecule has 0 unspecified atom stereocenters. The maximum absolute atomic E-state index is 2.60. The molecule has 1 saturated carbocycles. The lowest BCUT2D eigenvalue weighted by molar-refractivity contribution is 0.350. The molecular formula is C62H49N. The highest BCUT2D eigenvalue weighted by Gasteiger charge is 2.45. The standard InChI is InChI=1S/C62H49N/c1-5-17-45(18-6-1)60-56-25-13-11-23-52(56)53-24-12-14-26-57(53)61(60)48-33-32-46-39-43(29-31-47(46)41-48)27-28-44-30-35-54-55-36-34-51(42-59(55)62(58(54)40-44)37-15-4-16-38-62)63(49-19-7-2-8-20-49)50-21-9-3-10-22-50/h1-3,5-14,17-29,31-34,36,39-42H,4,15-16,30,35,37-38H2/b28-27+. The minimum Gasteiger partial charge on any atom is -0.310 e. The summed E-state index contributed by atoms with van der Waals surface area (Å²) in [6, 6.07) is 71.8. The highest BCUT2D eigenvalue weighted by molar-refractivity contribution is 6.22. The zero-order chi connectivity index (χ0) is 41.7. The number of para-hydroxylation sites is 2. The van der Waals surface area contributed by atoms with Crippen molar-refractivity contribution in [2.45, 2.75) is 50.4 Å². The number of allylic oxidation sites excluding steroid dienone is 5. The molecule has 0 atom stereocenters. The monoisotopic (exact) mass is 807 g/mol. The Morgan fingerprint density at radius 2 is 1.02 bits per heavy atom. The average molecular weight is 808 g/mol. The van der Waals surface area contributed by atoms with Gasteiger partial charge in [-0.05, 0) is 162 Å². The van der Waals surface area contributed by atoms with Crippen LogP contribution in [0.25, 0.3) is 66.2 Å². The summed E-state index contributed by atoms with van der Waals surface area (Å²) in [6.45, 7) is 0. The summed E-state index contributed by atoms with van der Waals surface area (Å²) >= 11 is 0. The molecule has 3 aliphatic carbocycles. The lowest BCUT2D eigenvalue weighted by atomic mass is 9.66. The van der Waals surface area contributed by atoms with E-state index in [0.29, 0.717) is 0 Å². The molecule has 9 aromatic carbocycles. The smallest absolute Gasteiger partial charge is 0.0465 e. The average Bonchev–Trinajstić information content (AvgIpc) is 3.60. The number of anilines is 3. The van der Waals surface area contributed by atoms with Gasteiger partial charge in [0.1, 0.15) is 0 Å². The van der Waals surface area contributed by atoms with E-state index in [0.717, 1.165) is 12.8 Å². The number of benzene rings is 9. The SMILES string of the molecule is C1=C(/C=C/c2ccc3cc(-c4c(-c5ccccc5)c5ccccc5c5ccccc45)ccc3c2)CCC2=C1C1(CCCCC1)c1cc(N(c3ccccc3)c3ccccc3)ccc12. The molecule has 1 fully saturated rings. The van der Waals surface area contributed by atoms with E-state index in [-0.39, 0.29) is 5.41 Å². The van der Waals surface area contributed by atoms with Gasteiger partial charge in [-0.2, -0.15) is 0 Å². The highest BCUT2D eigenvalue weighted by atomic mass is 15.1. The van der Waals surface area contributed by atoms with Crippen molar-refractivity contribution < 1.29 is 0 Å². The van der Waals surface area contributed by atoms with Crippen molar-refractivity contribution in [2.24, 2.45) is 0 Å². The molecule has 1 nitrogen and oxygen atoms in total. The first kappa shape index (κ1) is 37.5. The van der Waals surface area contributed by atoms with Gasteiger partial charge in [-0.3, -0.25) is 0 Å². The summed E-state index contributed by atoms with van der Waals surface area (Å²) in [5.74, 6) is 0. The lowest BCUT2D eigenvalue weighted by Gasteiger charge is -2.38. The molecular weight excluding hydrogens is 759 g/mol. The normalized spacial score (nSPS) is 15.6. The van der Waals surface area contributed by atoms with E-state index in [4.69, 9.17) is 0 Å². The molecule has 9 aromatic rings. The van der Waals surface area contributed by atoms with Gasteiger partial charge >= 0.3 is 0 Å². The molecule has 0 amide bonds. The molecule has 302 valence electrons. The molecule has 0 bridgehead atoms. The first-order valence-corrected chi connectivity index (χ1v) is 22.9. The van der Waals surface area contributed by atoms with Gasteiger partial charge in [0, 0.05) is 22.5 Å². The van der Waals surface area contributed by atoms with Crippen molar-refractivity contribution >= 4 is 61.0 Å². The Hall–Kier alpha value is -7.22. The van der Waals surface area contributed by atoms with Crippen LogP contribution in [-0.2, 0) is 5.41 Å². The van der Waals surface area contributed by atoms with Crippen LogP contribution in [0.1, 0.15) is 61.6 Å². The van der Waals surface area contributed by atoms with Crippen LogP contribution in [0.5, 0.6) is 0 Å². The fraction of sp³-hybridized carbons (Fsp3) is 0.129. The number of hydrogen-bond donors (Lipinski definition) is 0. The largest absolute Gasteiger partial charge is 0.310 e. The van der Waals surface area contributed by atoms with Gasteiger partial charge in [0.15, 0.2) is 0 Å². The fourth-order valence-corrected chi connectivity index (χ4v) is 11.4. The Morgan fingerprint density at radius 1 is 0.429 bits per heavy atom. The van der Waals surface area contributed by atoms with E-state index in [1.165, 1.54) is 120 Å². The Kier molecular flexibility index (Phi) is 9.29. The second-order valence-corrected chi connectivity index (χ2v) is 17.9. The molecule has 0 saturated heterocycles. The first-order valence-electron chi connectivity index (χ1n) is 22.9. The van der Waals surface area contributed by atoms with Crippen LogP contribution in [0.4, 0.5) is 17.1 Å². The molecule has 63 heavy (non-hydrogen) atoms. The second kappa shape index (κ2) is 15.6. The Bertz CT molecular complexity index is 3250. The quantitative estimate of drug-likeness (QED) is 0.145. The van der Waals surface area contributed by atoms with Crippen molar-refractivity contribution in [3.63, 3.8) is 0 Å². The number of hydrogen-bond acceptors (Lipinski definition) is 1. The maximum atomic E-state index is 2.60. The first-order chi connectivity index (χ1) is 31.2. The van der Waals surface area contributed by atoms with E-state index in [9.17, 15) is 0 Å². The Morgan fingerprint density at radius 3 is 1.70 bits per heavy atom. The Balaban J connectivity index is 0.883. The van der Waals surface area contributed by atoms with Crippen LogP contribution < -0.4 is 4.90 Å². The number of nitrogens with zero attached hydrogens (tertiary/aromatic N) is 1. The van der Waals surface area contributed by atoms with E-state index in [2.05, 4.69) is 217 Å². The highest BCUT2D eigenvalue weighted by Crippen LogP contribution is 2.58. The van der Waals surface area contributed by atoms with Gasteiger partial charge < -0.3 is 4.90 Å². The zero-order valence-electron chi connectivity index (χ0n) is 35.6. The zero-order valence-corrected chi connectivity index (χ0v) is 35.6. The molecule has 0 heterocycles. The van der Waals surface area contributed by atoms with Crippen LogP contribution in [-0.4, -0.2) is 0 Å². The summed E-state index contributed by atoms with van der Waals surface area (Å²) in [7, 11) is 0. The molecule has 0 aliphatic heterocycles. The van der Waals surface area contributed by atoms with Crippen LogP contribution in [0.2, 0.25) is 0 Å². The summed E-state index contributed by atoms with van der Waals surface area (Å²) < 4.78 is 0. The van der Waals surface area contributed by atoms with Crippen molar-refractivity contribution in [1.82, 2.24) is 0 Å². The van der Waals surface area contributed by atoms with Crippen molar-refractivity contribution in [1.29, 1.82) is 0 Å². The van der Waals surface area contributed by atoms with Gasteiger partial charge in [-0.15, -0.1) is 0 Å². The summed E-state index contributed by atoms with van der Waals surface area (Å²) in [4.78, 5) is 2.43. The van der Waals surface area contributed by atoms with Gasteiger partial charge in [0.25, 0.3) is 0 Å². The van der Waals surface area contributed by atoms with Crippen LogP contribution in [0.3, 0.4) is 0 Å². The summed E-state index contributed by atoms with van der Waals surface area (Å²) in [5, 5.41) is 7.68. The fourth-order valence-electron chi connectivity index (χ4n) is 11.4. The summed E-state index contributed by atoms with van der Waals surface area (Å²) in [6.07, 6.45) is 15.8. The predicted octanol–water partition coefficient (Wildman–Crippen LogP) is 17.4. The third kappa shape index (κ3) is 6.45. The molecule has 0 radical (unpaired) electrons. The van der Waals surface area contributed by atoms with Gasteiger partial charge in [-0.1, -0.05) is 183 Å². The third-order valence-electron chi connectivity index (χ3n) is 14.3. The molecule has 3 aliphatic rings. The van der Waals surface area contributed by atoms with E-state index in [1.807, 2.05) is 0 Å². The van der Waals surface area contributed by atoms with E-state index >= 15 is 0 Å². The van der Waals surface area contributed by atoms with Crippen molar-refractivity contribution in [3.8, 4) is 22.3 Å². The molecule has 1 heteroatoms. The topological polar surface area (TPSA) is 3.24 Å².